The highest BCUT2D eigenvalue weighted by Gasteiger charge is 2.14. The average molecular weight is 297 g/mol. The SMILES string of the molecule is COc1ccc(C(CN)Cc2ccc(C(C)C)cc2)c(C)c1. The molecule has 1 atom stereocenters. The van der Waals surface area contributed by atoms with Crippen molar-refractivity contribution < 1.29 is 4.74 Å². The molecule has 0 saturated heterocycles. The number of rotatable bonds is 6. The molecule has 0 fully saturated rings. The summed E-state index contributed by atoms with van der Waals surface area (Å²) in [5.74, 6) is 1.82. The average Bonchev–Trinajstić information content (AvgIpc) is 2.53. The maximum Gasteiger partial charge on any atom is 0.119 e. The van der Waals surface area contributed by atoms with Gasteiger partial charge in [-0.2, -0.15) is 0 Å². The summed E-state index contributed by atoms with van der Waals surface area (Å²) in [4.78, 5) is 0. The summed E-state index contributed by atoms with van der Waals surface area (Å²) in [6, 6.07) is 15.2. The second-order valence-electron chi connectivity index (χ2n) is 6.26. The molecule has 2 N–H and O–H groups in total. The van der Waals surface area contributed by atoms with Crippen LogP contribution >= 0.6 is 0 Å². The van der Waals surface area contributed by atoms with Crippen LogP contribution in [0.15, 0.2) is 42.5 Å². The number of nitrogens with two attached hydrogens (primary N) is 1. The summed E-state index contributed by atoms with van der Waals surface area (Å²) >= 11 is 0. The summed E-state index contributed by atoms with van der Waals surface area (Å²) in [5.41, 5.74) is 11.3. The first kappa shape index (κ1) is 16.6. The molecule has 0 spiro atoms. The van der Waals surface area contributed by atoms with Gasteiger partial charge in [-0.1, -0.05) is 44.2 Å². The molecule has 0 heterocycles. The van der Waals surface area contributed by atoms with E-state index in [9.17, 15) is 0 Å². The molecule has 0 saturated carbocycles. The molecular weight excluding hydrogens is 270 g/mol. The van der Waals surface area contributed by atoms with Gasteiger partial charge < -0.3 is 10.5 Å². The van der Waals surface area contributed by atoms with E-state index in [-0.39, 0.29) is 0 Å². The van der Waals surface area contributed by atoms with E-state index < -0.39 is 0 Å². The van der Waals surface area contributed by atoms with Gasteiger partial charge in [0, 0.05) is 5.92 Å². The van der Waals surface area contributed by atoms with Crippen molar-refractivity contribution in [2.75, 3.05) is 13.7 Å². The summed E-state index contributed by atoms with van der Waals surface area (Å²) in [6.45, 7) is 7.22. The molecule has 1 unspecified atom stereocenters. The Balaban J connectivity index is 2.18. The van der Waals surface area contributed by atoms with E-state index >= 15 is 0 Å². The number of aryl methyl sites for hydroxylation is 1. The Morgan fingerprint density at radius 1 is 1.05 bits per heavy atom. The predicted molar refractivity (Wildman–Crippen MR) is 93.8 cm³/mol. The standard InChI is InChI=1S/C20H27NO/c1-14(2)17-7-5-16(6-8-17)12-18(13-21)20-10-9-19(22-4)11-15(20)3/h5-11,14,18H,12-13,21H2,1-4H3. The van der Waals surface area contributed by atoms with Crippen LogP contribution < -0.4 is 10.5 Å². The van der Waals surface area contributed by atoms with Crippen LogP contribution in [0.25, 0.3) is 0 Å². The van der Waals surface area contributed by atoms with Crippen molar-refractivity contribution in [3.05, 3.63) is 64.7 Å². The lowest BCUT2D eigenvalue weighted by molar-refractivity contribution is 0.414. The fraction of sp³-hybridized carbons (Fsp3) is 0.400. The molecule has 0 amide bonds. The second-order valence-corrected chi connectivity index (χ2v) is 6.26. The highest BCUT2D eigenvalue weighted by Crippen LogP contribution is 2.27. The van der Waals surface area contributed by atoms with E-state index in [4.69, 9.17) is 10.5 Å². The van der Waals surface area contributed by atoms with Gasteiger partial charge in [-0.25, -0.2) is 0 Å². The van der Waals surface area contributed by atoms with Gasteiger partial charge in [0.2, 0.25) is 0 Å². The van der Waals surface area contributed by atoms with Crippen molar-refractivity contribution in [2.45, 2.75) is 39.0 Å². The van der Waals surface area contributed by atoms with E-state index in [1.54, 1.807) is 7.11 Å². The van der Waals surface area contributed by atoms with Crippen LogP contribution in [0.1, 0.15) is 47.9 Å². The van der Waals surface area contributed by atoms with Gasteiger partial charge in [0.05, 0.1) is 7.11 Å². The first-order valence-corrected chi connectivity index (χ1v) is 7.98. The maximum atomic E-state index is 6.04. The lowest BCUT2D eigenvalue weighted by Crippen LogP contribution is -2.16. The number of hydrogen-bond donors (Lipinski definition) is 1. The lowest BCUT2D eigenvalue weighted by Gasteiger charge is -2.19. The van der Waals surface area contributed by atoms with Crippen LogP contribution in [0.2, 0.25) is 0 Å². The third kappa shape index (κ3) is 3.89. The molecule has 0 aliphatic heterocycles. The van der Waals surface area contributed by atoms with E-state index in [0.717, 1.165) is 12.2 Å². The highest BCUT2D eigenvalue weighted by atomic mass is 16.5. The molecule has 0 aliphatic carbocycles. The van der Waals surface area contributed by atoms with E-state index in [1.165, 1.54) is 22.3 Å². The lowest BCUT2D eigenvalue weighted by atomic mass is 9.88. The van der Waals surface area contributed by atoms with Crippen molar-refractivity contribution in [3.63, 3.8) is 0 Å². The van der Waals surface area contributed by atoms with Crippen LogP contribution in [0.3, 0.4) is 0 Å². The zero-order valence-corrected chi connectivity index (χ0v) is 14.1. The Labute approximate surface area is 134 Å². The van der Waals surface area contributed by atoms with Crippen LogP contribution in [0.4, 0.5) is 0 Å². The molecule has 0 bridgehead atoms. The largest absolute Gasteiger partial charge is 0.497 e. The molecule has 0 radical (unpaired) electrons. The van der Waals surface area contributed by atoms with Gasteiger partial charge in [-0.15, -0.1) is 0 Å². The number of ether oxygens (including phenoxy) is 1. The Morgan fingerprint density at radius 3 is 2.23 bits per heavy atom. The quantitative estimate of drug-likeness (QED) is 0.857. The van der Waals surface area contributed by atoms with E-state index in [0.29, 0.717) is 18.4 Å². The summed E-state index contributed by atoms with van der Waals surface area (Å²) < 4.78 is 5.29. The predicted octanol–water partition coefficient (Wildman–Crippen LogP) is 4.41. The van der Waals surface area contributed by atoms with Crippen LogP contribution in [-0.4, -0.2) is 13.7 Å². The first-order chi connectivity index (χ1) is 10.5. The Kier molecular flexibility index (Phi) is 5.62. The molecular formula is C20H27NO. The molecule has 0 aliphatic rings. The normalized spacial score (nSPS) is 12.5. The van der Waals surface area contributed by atoms with Gasteiger partial charge in [0.1, 0.15) is 5.75 Å². The molecule has 0 aromatic heterocycles. The molecule has 118 valence electrons. The van der Waals surface area contributed by atoms with Crippen LogP contribution in [0, 0.1) is 6.92 Å². The van der Waals surface area contributed by atoms with Crippen molar-refractivity contribution in [2.24, 2.45) is 5.73 Å². The third-order valence-corrected chi connectivity index (χ3v) is 4.33. The van der Waals surface area contributed by atoms with Gasteiger partial charge >= 0.3 is 0 Å². The molecule has 2 heteroatoms. The minimum absolute atomic E-state index is 0.343. The molecule has 22 heavy (non-hydrogen) atoms. The van der Waals surface area contributed by atoms with Gasteiger partial charge in [-0.05, 0) is 60.2 Å². The molecule has 2 rings (SSSR count). The fourth-order valence-electron chi connectivity index (χ4n) is 2.88. The minimum atomic E-state index is 0.343. The summed E-state index contributed by atoms with van der Waals surface area (Å²) in [7, 11) is 1.70. The van der Waals surface area contributed by atoms with E-state index in [1.807, 2.05) is 6.07 Å². The van der Waals surface area contributed by atoms with Crippen LogP contribution in [0.5, 0.6) is 5.75 Å². The molecule has 2 aromatic carbocycles. The van der Waals surface area contributed by atoms with Crippen molar-refractivity contribution in [3.8, 4) is 5.75 Å². The van der Waals surface area contributed by atoms with Crippen molar-refractivity contribution >= 4 is 0 Å². The third-order valence-electron chi connectivity index (χ3n) is 4.33. The second kappa shape index (κ2) is 7.46. The Morgan fingerprint density at radius 2 is 1.73 bits per heavy atom. The smallest absolute Gasteiger partial charge is 0.119 e. The molecule has 2 aromatic rings. The fourth-order valence-corrected chi connectivity index (χ4v) is 2.88. The maximum absolute atomic E-state index is 6.04. The zero-order chi connectivity index (χ0) is 16.1. The van der Waals surface area contributed by atoms with Crippen LogP contribution in [-0.2, 0) is 6.42 Å². The first-order valence-electron chi connectivity index (χ1n) is 7.98. The van der Waals surface area contributed by atoms with E-state index in [2.05, 4.69) is 57.2 Å². The number of methoxy groups -OCH3 is 1. The molecule has 2 nitrogen and oxygen atoms in total. The Hall–Kier alpha value is -1.80. The van der Waals surface area contributed by atoms with Crippen molar-refractivity contribution in [1.82, 2.24) is 0 Å². The van der Waals surface area contributed by atoms with Gasteiger partial charge in [-0.3, -0.25) is 0 Å². The zero-order valence-electron chi connectivity index (χ0n) is 14.1. The summed E-state index contributed by atoms with van der Waals surface area (Å²) in [6.07, 6.45) is 0.974. The number of hydrogen-bond acceptors (Lipinski definition) is 2. The summed E-state index contributed by atoms with van der Waals surface area (Å²) in [5, 5.41) is 0. The minimum Gasteiger partial charge on any atom is -0.497 e. The van der Waals surface area contributed by atoms with Gasteiger partial charge in [0.25, 0.3) is 0 Å². The Bertz CT molecular complexity index is 602. The monoisotopic (exact) mass is 297 g/mol. The van der Waals surface area contributed by atoms with Gasteiger partial charge in [0.15, 0.2) is 0 Å². The highest BCUT2D eigenvalue weighted by molar-refractivity contribution is 5.38. The number of benzene rings is 2. The van der Waals surface area contributed by atoms with Crippen molar-refractivity contribution in [1.29, 1.82) is 0 Å². The topological polar surface area (TPSA) is 35.2 Å².